The van der Waals surface area contributed by atoms with Gasteiger partial charge in [0.05, 0.1) is 5.75 Å². The zero-order chi connectivity index (χ0) is 10.4. The van der Waals surface area contributed by atoms with Crippen LogP contribution in [0.5, 0.6) is 0 Å². The van der Waals surface area contributed by atoms with E-state index in [0.717, 1.165) is 0 Å². The Kier molecular flexibility index (Phi) is 5.98. The van der Waals surface area contributed by atoms with Crippen LogP contribution in [-0.2, 0) is 9.59 Å². The highest BCUT2D eigenvalue weighted by Crippen LogP contribution is 1.93. The molecule has 0 aromatic rings. The first-order chi connectivity index (χ1) is 6.02. The molecule has 0 aliphatic heterocycles. The molecular formula is C7H14N2O2S2. The van der Waals surface area contributed by atoms with E-state index in [1.54, 1.807) is 14.1 Å². The van der Waals surface area contributed by atoms with E-state index in [0.29, 0.717) is 0 Å². The van der Waals surface area contributed by atoms with Crippen LogP contribution in [0.4, 0.5) is 0 Å². The summed E-state index contributed by atoms with van der Waals surface area (Å²) in [6, 6.07) is -0.557. The van der Waals surface area contributed by atoms with Gasteiger partial charge in [-0.1, -0.05) is 0 Å². The molecule has 0 bridgehead atoms. The predicted octanol–water partition coefficient (Wildman–Crippen LogP) is -0.581. The predicted molar refractivity (Wildman–Crippen MR) is 58.3 cm³/mol. The van der Waals surface area contributed by atoms with Crippen LogP contribution < -0.4 is 5.32 Å². The number of nitrogens with one attached hydrogen (secondary N) is 1. The molecule has 1 N–H and O–H groups in total. The number of rotatable bonds is 4. The Morgan fingerprint density at radius 2 is 1.92 bits per heavy atom. The molecule has 0 spiro atoms. The molecule has 0 fully saturated rings. The van der Waals surface area contributed by atoms with Gasteiger partial charge in [0.2, 0.25) is 11.8 Å². The first-order valence-corrected chi connectivity index (χ1v) is 5.01. The third-order valence-electron chi connectivity index (χ3n) is 1.40. The summed E-state index contributed by atoms with van der Waals surface area (Å²) in [6.45, 7) is 0. The van der Waals surface area contributed by atoms with E-state index in [9.17, 15) is 9.59 Å². The van der Waals surface area contributed by atoms with E-state index in [1.807, 2.05) is 0 Å². The molecule has 0 radical (unpaired) electrons. The van der Waals surface area contributed by atoms with Crippen LogP contribution in [0.1, 0.15) is 0 Å². The number of hydrogen-bond acceptors (Lipinski definition) is 4. The number of thiol groups is 2. The molecule has 1 atom stereocenters. The monoisotopic (exact) mass is 222 g/mol. The molecular weight excluding hydrogens is 208 g/mol. The molecule has 6 heteroatoms. The van der Waals surface area contributed by atoms with Crippen molar-refractivity contribution in [2.24, 2.45) is 0 Å². The minimum absolute atomic E-state index is 0.0744. The van der Waals surface area contributed by atoms with Crippen LogP contribution in [-0.4, -0.2) is 48.4 Å². The van der Waals surface area contributed by atoms with E-state index in [2.05, 4.69) is 30.6 Å². The van der Waals surface area contributed by atoms with Gasteiger partial charge in [-0.15, -0.1) is 0 Å². The number of nitrogens with zero attached hydrogens (tertiary/aromatic N) is 1. The summed E-state index contributed by atoms with van der Waals surface area (Å²) in [5, 5.41) is 2.51. The highest BCUT2D eigenvalue weighted by molar-refractivity contribution is 7.81. The molecule has 2 amide bonds. The van der Waals surface area contributed by atoms with Crippen molar-refractivity contribution in [3.63, 3.8) is 0 Å². The van der Waals surface area contributed by atoms with Crippen molar-refractivity contribution in [3.05, 3.63) is 0 Å². The van der Waals surface area contributed by atoms with E-state index in [4.69, 9.17) is 0 Å². The molecule has 0 saturated heterocycles. The Bertz CT molecular complexity index is 197. The minimum Gasteiger partial charge on any atom is -0.347 e. The largest absolute Gasteiger partial charge is 0.347 e. The van der Waals surface area contributed by atoms with Gasteiger partial charge in [-0.25, -0.2) is 0 Å². The zero-order valence-electron chi connectivity index (χ0n) is 7.65. The quantitative estimate of drug-likeness (QED) is 0.557. The summed E-state index contributed by atoms with van der Waals surface area (Å²) in [6.07, 6.45) is 0. The van der Waals surface area contributed by atoms with Crippen molar-refractivity contribution in [3.8, 4) is 0 Å². The van der Waals surface area contributed by atoms with E-state index < -0.39 is 6.04 Å². The lowest BCUT2D eigenvalue weighted by Gasteiger charge is -2.19. The van der Waals surface area contributed by atoms with Gasteiger partial charge >= 0.3 is 0 Å². The average molecular weight is 222 g/mol. The summed E-state index contributed by atoms with van der Waals surface area (Å²) < 4.78 is 0. The standard InChI is InChI=1S/C7H14N2O2S2/c1-9(2)7(11)5(3-12)8-6(10)4-13/h5,12-13H,3-4H2,1-2H3,(H,8,10). The van der Waals surface area contributed by atoms with Gasteiger partial charge in [0.25, 0.3) is 0 Å². The molecule has 76 valence electrons. The number of carbonyl (C=O) groups excluding carboxylic acids is 2. The zero-order valence-corrected chi connectivity index (χ0v) is 9.44. The maximum absolute atomic E-state index is 11.4. The molecule has 0 aliphatic carbocycles. The lowest BCUT2D eigenvalue weighted by atomic mass is 10.3. The Balaban J connectivity index is 4.18. The van der Waals surface area contributed by atoms with Gasteiger partial charge in [0, 0.05) is 19.8 Å². The van der Waals surface area contributed by atoms with Crippen LogP contribution in [0.15, 0.2) is 0 Å². The number of hydrogen-bond donors (Lipinski definition) is 3. The lowest BCUT2D eigenvalue weighted by Crippen LogP contribution is -2.47. The second-order valence-corrected chi connectivity index (χ2v) is 3.37. The maximum atomic E-state index is 11.4. The Morgan fingerprint density at radius 1 is 1.38 bits per heavy atom. The maximum Gasteiger partial charge on any atom is 0.245 e. The van der Waals surface area contributed by atoms with Crippen molar-refractivity contribution in [1.29, 1.82) is 0 Å². The minimum atomic E-state index is -0.557. The fourth-order valence-electron chi connectivity index (χ4n) is 0.737. The molecule has 0 aliphatic rings. The van der Waals surface area contributed by atoms with Crippen molar-refractivity contribution >= 4 is 37.1 Å². The third-order valence-corrected chi connectivity index (χ3v) is 2.05. The molecule has 0 saturated carbocycles. The summed E-state index contributed by atoms with van der Waals surface area (Å²) in [4.78, 5) is 23.7. The van der Waals surface area contributed by atoms with Gasteiger partial charge in [-0.05, 0) is 0 Å². The molecule has 13 heavy (non-hydrogen) atoms. The number of amides is 2. The van der Waals surface area contributed by atoms with Gasteiger partial charge in [-0.3, -0.25) is 9.59 Å². The van der Waals surface area contributed by atoms with Crippen molar-refractivity contribution in [1.82, 2.24) is 10.2 Å². The fraction of sp³-hybridized carbons (Fsp3) is 0.714. The van der Waals surface area contributed by atoms with Gasteiger partial charge < -0.3 is 10.2 Å². The average Bonchev–Trinajstić information content (AvgIpc) is 2.12. The Labute approximate surface area is 88.9 Å². The molecule has 0 aromatic heterocycles. The Hall–Kier alpha value is -0.360. The highest BCUT2D eigenvalue weighted by atomic mass is 32.1. The first kappa shape index (κ1) is 12.6. The molecule has 0 rings (SSSR count). The van der Waals surface area contributed by atoms with Crippen LogP contribution in [0.3, 0.4) is 0 Å². The smallest absolute Gasteiger partial charge is 0.245 e. The molecule has 0 heterocycles. The second kappa shape index (κ2) is 6.15. The number of likely N-dealkylation sites (N-methyl/N-ethyl adjacent to an activating group) is 1. The SMILES string of the molecule is CN(C)C(=O)C(CS)NC(=O)CS. The van der Waals surface area contributed by atoms with E-state index in [-0.39, 0.29) is 23.3 Å². The normalized spacial score (nSPS) is 12.0. The molecule has 0 aromatic carbocycles. The highest BCUT2D eigenvalue weighted by Gasteiger charge is 2.19. The van der Waals surface area contributed by atoms with E-state index >= 15 is 0 Å². The topological polar surface area (TPSA) is 49.4 Å². The summed E-state index contributed by atoms with van der Waals surface area (Å²) >= 11 is 7.76. The number of carbonyl (C=O) groups is 2. The van der Waals surface area contributed by atoms with Crippen LogP contribution >= 0.6 is 25.3 Å². The van der Waals surface area contributed by atoms with Gasteiger partial charge in [0.1, 0.15) is 6.04 Å². The van der Waals surface area contributed by atoms with Crippen molar-refractivity contribution in [2.75, 3.05) is 25.6 Å². The summed E-state index contributed by atoms with van der Waals surface area (Å²) in [5.74, 6) is -0.0654. The molecule has 4 nitrogen and oxygen atoms in total. The Morgan fingerprint density at radius 3 is 2.23 bits per heavy atom. The van der Waals surface area contributed by atoms with Gasteiger partial charge in [0.15, 0.2) is 0 Å². The van der Waals surface area contributed by atoms with Crippen LogP contribution in [0.2, 0.25) is 0 Å². The summed E-state index contributed by atoms with van der Waals surface area (Å²) in [5.41, 5.74) is 0. The first-order valence-electron chi connectivity index (χ1n) is 3.75. The van der Waals surface area contributed by atoms with Crippen molar-refractivity contribution < 1.29 is 9.59 Å². The summed E-state index contributed by atoms with van der Waals surface area (Å²) in [7, 11) is 3.26. The van der Waals surface area contributed by atoms with Gasteiger partial charge in [-0.2, -0.15) is 25.3 Å². The fourth-order valence-corrected chi connectivity index (χ4v) is 1.08. The third kappa shape index (κ3) is 4.42. The second-order valence-electron chi connectivity index (χ2n) is 2.69. The lowest BCUT2D eigenvalue weighted by molar-refractivity contribution is -0.133. The van der Waals surface area contributed by atoms with Crippen molar-refractivity contribution in [2.45, 2.75) is 6.04 Å². The van der Waals surface area contributed by atoms with Crippen LogP contribution in [0, 0.1) is 0 Å². The van der Waals surface area contributed by atoms with E-state index in [1.165, 1.54) is 4.90 Å². The van der Waals surface area contributed by atoms with Crippen LogP contribution in [0.25, 0.3) is 0 Å². The molecule has 1 unspecified atom stereocenters.